The average molecular weight is 613 g/mol. The number of benzene rings is 1. The zero-order chi connectivity index (χ0) is 31.1. The van der Waals surface area contributed by atoms with Crippen LogP contribution in [0.15, 0.2) is 53.7 Å². The molecule has 0 bridgehead atoms. The Labute approximate surface area is 252 Å². The van der Waals surface area contributed by atoms with Crippen molar-refractivity contribution in [2.45, 2.75) is 55.9 Å². The molecule has 0 saturated heterocycles. The van der Waals surface area contributed by atoms with Crippen molar-refractivity contribution in [1.29, 1.82) is 0 Å². The van der Waals surface area contributed by atoms with E-state index < -0.39 is 35.8 Å². The molecule has 2 amide bonds. The minimum absolute atomic E-state index is 0.0478. The third kappa shape index (κ3) is 8.88. The number of pyridine rings is 2. The number of nitrogens with zero attached hydrogens (tertiary/aromatic N) is 3. The summed E-state index contributed by atoms with van der Waals surface area (Å²) >= 11 is 1.51. The molecule has 43 heavy (non-hydrogen) atoms. The van der Waals surface area contributed by atoms with Gasteiger partial charge in [0.25, 0.3) is 0 Å². The summed E-state index contributed by atoms with van der Waals surface area (Å²) in [5.74, 6) is -2.39. The molecule has 1 unspecified atom stereocenters. The highest BCUT2D eigenvalue weighted by atomic mass is 32.2. The summed E-state index contributed by atoms with van der Waals surface area (Å²) in [5.41, 5.74) is 1.96. The Morgan fingerprint density at radius 1 is 1.14 bits per heavy atom. The van der Waals surface area contributed by atoms with Gasteiger partial charge in [-0.2, -0.15) is 0 Å². The number of hydrogen-bond acceptors (Lipinski definition) is 9. The molecule has 0 aliphatic carbocycles. The number of rotatable bonds is 11. The van der Waals surface area contributed by atoms with E-state index in [1.54, 1.807) is 30.5 Å². The number of fused-ring (bicyclic) bond motifs is 1. The number of carboxylic acid groups (broad SMARTS) is 1. The molecule has 0 fully saturated rings. The molecule has 1 aliphatic heterocycles. The molecule has 0 radical (unpaired) electrons. The summed E-state index contributed by atoms with van der Waals surface area (Å²) < 4.78 is 31.4. The average Bonchev–Trinajstić information content (AvgIpc) is 3.37. The zero-order valence-electron chi connectivity index (χ0n) is 24.3. The van der Waals surface area contributed by atoms with E-state index in [1.807, 2.05) is 32.9 Å². The number of aliphatic carboxylic acids is 1. The lowest BCUT2D eigenvalue weighted by molar-refractivity contribution is -0.139. The minimum Gasteiger partial charge on any atom is -0.481 e. The Balaban J connectivity index is 1.42. The molecule has 2 aromatic heterocycles. The topological polar surface area (TPSA) is 140 Å². The first-order valence-electron chi connectivity index (χ1n) is 13.5. The quantitative estimate of drug-likeness (QED) is 0.263. The van der Waals surface area contributed by atoms with E-state index in [4.69, 9.17) is 19.3 Å². The maximum atomic E-state index is 14.8. The summed E-state index contributed by atoms with van der Waals surface area (Å²) in [7, 11) is 1.58. The van der Waals surface area contributed by atoms with Crippen LogP contribution in [0.5, 0.6) is 11.5 Å². The SMILES string of the molecule is COCCN(Cc1ccc(C2Cc3nccc(Oc4ccc(NC(=O)CC(=O)O)cc4F)c3S2)nc1)C(=O)OC(C)(C)C. The van der Waals surface area contributed by atoms with Crippen LogP contribution in [0.2, 0.25) is 0 Å². The second-order valence-corrected chi connectivity index (χ2v) is 12.0. The highest BCUT2D eigenvalue weighted by Crippen LogP contribution is 2.50. The van der Waals surface area contributed by atoms with Crippen molar-refractivity contribution in [3.05, 3.63) is 71.6 Å². The monoisotopic (exact) mass is 612 g/mol. The van der Waals surface area contributed by atoms with Crippen molar-refractivity contribution >= 4 is 35.4 Å². The number of aromatic nitrogens is 2. The fourth-order valence-electron chi connectivity index (χ4n) is 4.17. The summed E-state index contributed by atoms with van der Waals surface area (Å²) in [4.78, 5) is 46.5. The molecule has 228 valence electrons. The predicted molar refractivity (Wildman–Crippen MR) is 157 cm³/mol. The number of carboxylic acids is 1. The summed E-state index contributed by atoms with van der Waals surface area (Å²) in [5, 5.41) is 11.0. The summed E-state index contributed by atoms with van der Waals surface area (Å²) in [6.45, 7) is 6.52. The van der Waals surface area contributed by atoms with Gasteiger partial charge in [-0.3, -0.25) is 19.6 Å². The summed E-state index contributed by atoms with van der Waals surface area (Å²) in [6.07, 6.45) is 2.77. The Morgan fingerprint density at radius 2 is 1.93 bits per heavy atom. The fourth-order valence-corrected chi connectivity index (χ4v) is 5.46. The maximum Gasteiger partial charge on any atom is 0.410 e. The maximum absolute atomic E-state index is 14.8. The van der Waals surface area contributed by atoms with Crippen molar-refractivity contribution in [1.82, 2.24) is 14.9 Å². The number of carbonyl (C=O) groups is 3. The van der Waals surface area contributed by atoms with Gasteiger partial charge in [0, 0.05) is 50.3 Å². The molecule has 0 spiro atoms. The van der Waals surface area contributed by atoms with Crippen molar-refractivity contribution in [3.8, 4) is 11.5 Å². The second kappa shape index (κ2) is 13.8. The van der Waals surface area contributed by atoms with Crippen LogP contribution in [0.3, 0.4) is 0 Å². The van der Waals surface area contributed by atoms with Crippen molar-refractivity contribution < 1.29 is 38.1 Å². The molecule has 3 aromatic rings. The highest BCUT2D eigenvalue weighted by Gasteiger charge is 2.30. The molecule has 0 saturated carbocycles. The lowest BCUT2D eigenvalue weighted by Crippen LogP contribution is -2.38. The van der Waals surface area contributed by atoms with Gasteiger partial charge >= 0.3 is 12.1 Å². The largest absolute Gasteiger partial charge is 0.481 e. The summed E-state index contributed by atoms with van der Waals surface area (Å²) in [6, 6.07) is 9.35. The third-order valence-corrected chi connectivity index (χ3v) is 7.46. The standard InChI is InChI=1S/C30H33FN4O7S/c1-30(2,3)42-29(39)35(11-12-40-4)17-18-5-7-21(33-16-18)25-14-22-28(43-25)24(9-10-32-22)41-23-8-6-19(13-20(23)31)34-26(36)15-27(37)38/h5-10,13,16,25H,11-12,14-15,17H2,1-4H3,(H,34,36)(H,37,38). The van der Waals surface area contributed by atoms with Crippen molar-refractivity contribution in [3.63, 3.8) is 0 Å². The van der Waals surface area contributed by atoms with Crippen LogP contribution in [0.1, 0.15) is 49.4 Å². The number of halogens is 1. The first-order valence-corrected chi connectivity index (χ1v) is 14.3. The van der Waals surface area contributed by atoms with E-state index in [0.717, 1.165) is 27.9 Å². The smallest absolute Gasteiger partial charge is 0.410 e. The van der Waals surface area contributed by atoms with Crippen LogP contribution in [-0.4, -0.2) is 63.8 Å². The number of methoxy groups -OCH3 is 1. The third-order valence-electron chi connectivity index (χ3n) is 6.10. The number of amides is 2. The van der Waals surface area contributed by atoms with E-state index >= 15 is 0 Å². The molecule has 4 rings (SSSR count). The number of anilines is 1. The molecule has 1 aromatic carbocycles. The van der Waals surface area contributed by atoms with Crippen LogP contribution in [0.25, 0.3) is 0 Å². The number of ether oxygens (including phenoxy) is 3. The predicted octanol–water partition coefficient (Wildman–Crippen LogP) is 5.59. The van der Waals surface area contributed by atoms with Gasteiger partial charge in [-0.05, 0) is 44.5 Å². The van der Waals surface area contributed by atoms with Crippen molar-refractivity contribution in [2.75, 3.05) is 25.6 Å². The van der Waals surface area contributed by atoms with Gasteiger partial charge in [0.05, 0.1) is 34.7 Å². The number of nitrogens with one attached hydrogen (secondary N) is 1. The van der Waals surface area contributed by atoms with Crippen LogP contribution in [0, 0.1) is 5.82 Å². The first kappa shape index (κ1) is 31.7. The molecule has 2 N–H and O–H groups in total. The molecule has 13 heteroatoms. The van der Waals surface area contributed by atoms with Gasteiger partial charge in [-0.15, -0.1) is 11.8 Å². The lowest BCUT2D eigenvalue weighted by Gasteiger charge is -2.27. The molecular formula is C30H33FN4O7S. The number of hydrogen-bond donors (Lipinski definition) is 2. The van der Waals surface area contributed by atoms with Gasteiger partial charge in [0.2, 0.25) is 5.91 Å². The van der Waals surface area contributed by atoms with Crippen LogP contribution < -0.4 is 10.1 Å². The van der Waals surface area contributed by atoms with E-state index in [2.05, 4.69) is 15.3 Å². The molecule has 1 atom stereocenters. The fraction of sp³-hybridized carbons (Fsp3) is 0.367. The van der Waals surface area contributed by atoms with E-state index in [9.17, 15) is 18.8 Å². The van der Waals surface area contributed by atoms with Gasteiger partial charge < -0.3 is 29.5 Å². The van der Waals surface area contributed by atoms with Crippen LogP contribution in [-0.2, 0) is 32.0 Å². The minimum atomic E-state index is -1.28. The van der Waals surface area contributed by atoms with Crippen molar-refractivity contribution in [2.24, 2.45) is 0 Å². The molecular weight excluding hydrogens is 579 g/mol. The Bertz CT molecular complexity index is 1480. The highest BCUT2D eigenvalue weighted by molar-refractivity contribution is 8.00. The van der Waals surface area contributed by atoms with Gasteiger partial charge in [0.15, 0.2) is 11.6 Å². The molecule has 11 nitrogen and oxygen atoms in total. The zero-order valence-corrected chi connectivity index (χ0v) is 25.1. The van der Waals surface area contributed by atoms with Crippen LogP contribution in [0.4, 0.5) is 14.9 Å². The normalized spacial score (nSPS) is 14.1. The van der Waals surface area contributed by atoms with Gasteiger partial charge in [-0.25, -0.2) is 9.18 Å². The van der Waals surface area contributed by atoms with Gasteiger partial charge in [-0.1, -0.05) is 6.07 Å². The Kier molecular flexibility index (Phi) is 10.2. The Morgan fingerprint density at radius 3 is 2.58 bits per heavy atom. The lowest BCUT2D eigenvalue weighted by atomic mass is 10.1. The van der Waals surface area contributed by atoms with E-state index in [0.29, 0.717) is 31.9 Å². The molecule has 1 aliphatic rings. The number of carbonyl (C=O) groups excluding carboxylic acids is 2. The first-order chi connectivity index (χ1) is 20.4. The number of thioether (sulfide) groups is 1. The molecule has 3 heterocycles. The van der Waals surface area contributed by atoms with E-state index in [-0.39, 0.29) is 16.7 Å². The van der Waals surface area contributed by atoms with Gasteiger partial charge in [0.1, 0.15) is 17.8 Å². The second-order valence-electron chi connectivity index (χ2n) is 10.7. The van der Waals surface area contributed by atoms with Crippen LogP contribution >= 0.6 is 11.8 Å². The Hall–Kier alpha value is -4.23. The van der Waals surface area contributed by atoms with E-state index in [1.165, 1.54) is 23.9 Å².